The molecule has 2 amide bonds. The molecule has 0 aliphatic carbocycles. The maximum Gasteiger partial charge on any atom is 0.319 e. The fourth-order valence-electron chi connectivity index (χ4n) is 2.00. The molecular weight excluding hydrogens is 202 g/mol. The van der Waals surface area contributed by atoms with Gasteiger partial charge < -0.3 is 9.80 Å². The summed E-state index contributed by atoms with van der Waals surface area (Å²) in [7, 11) is 0. The number of piperidine rings is 1. The molecule has 1 heterocycles. The second-order valence-electron chi connectivity index (χ2n) is 4.61. The molecule has 1 fully saturated rings. The molecule has 0 bridgehead atoms. The summed E-state index contributed by atoms with van der Waals surface area (Å²) in [4.78, 5) is 15.7. The largest absolute Gasteiger partial charge is 0.325 e. The van der Waals surface area contributed by atoms with Crippen LogP contribution >= 0.6 is 0 Å². The number of likely N-dealkylation sites (tertiary alicyclic amines) is 1. The van der Waals surface area contributed by atoms with E-state index in [0.29, 0.717) is 13.1 Å². The minimum atomic E-state index is -0.236. The van der Waals surface area contributed by atoms with Crippen LogP contribution in [-0.2, 0) is 0 Å². The van der Waals surface area contributed by atoms with E-state index in [9.17, 15) is 4.79 Å². The Morgan fingerprint density at radius 3 is 2.25 bits per heavy atom. The van der Waals surface area contributed by atoms with Crippen molar-refractivity contribution in [3.8, 4) is 6.07 Å². The lowest BCUT2D eigenvalue weighted by Crippen LogP contribution is -2.48. The van der Waals surface area contributed by atoms with Crippen molar-refractivity contribution in [2.45, 2.75) is 33.6 Å². The Morgan fingerprint density at radius 1 is 1.38 bits per heavy atom. The number of urea groups is 1. The lowest BCUT2D eigenvalue weighted by atomic mass is 9.82. The third-order valence-electron chi connectivity index (χ3n) is 3.44. The standard InChI is InChI=1S/C12H21N3O/c1-4-14(5-2)11(16)15-8-6-12(3,10-13)7-9-15/h4-9H2,1-3H3. The van der Waals surface area contributed by atoms with Gasteiger partial charge in [0, 0.05) is 26.2 Å². The van der Waals surface area contributed by atoms with E-state index < -0.39 is 0 Å². The molecule has 0 atom stereocenters. The third-order valence-corrected chi connectivity index (χ3v) is 3.44. The van der Waals surface area contributed by atoms with E-state index in [4.69, 9.17) is 5.26 Å². The summed E-state index contributed by atoms with van der Waals surface area (Å²) < 4.78 is 0. The van der Waals surface area contributed by atoms with Gasteiger partial charge in [0.15, 0.2) is 0 Å². The maximum absolute atomic E-state index is 12.0. The van der Waals surface area contributed by atoms with Crippen molar-refractivity contribution in [3.63, 3.8) is 0 Å². The molecule has 0 unspecified atom stereocenters. The highest BCUT2D eigenvalue weighted by Crippen LogP contribution is 2.30. The zero-order valence-corrected chi connectivity index (χ0v) is 10.5. The topological polar surface area (TPSA) is 47.3 Å². The molecule has 16 heavy (non-hydrogen) atoms. The van der Waals surface area contributed by atoms with E-state index in [1.54, 1.807) is 0 Å². The molecule has 0 aromatic heterocycles. The zero-order valence-electron chi connectivity index (χ0n) is 10.5. The number of amides is 2. The summed E-state index contributed by atoms with van der Waals surface area (Å²) in [6.45, 7) is 8.88. The molecule has 1 saturated heterocycles. The number of nitrogens with zero attached hydrogens (tertiary/aromatic N) is 3. The first kappa shape index (κ1) is 12.8. The Balaban J connectivity index is 2.54. The molecule has 1 rings (SSSR count). The molecule has 4 heteroatoms. The Kier molecular flexibility index (Phi) is 4.17. The molecule has 0 aromatic carbocycles. The van der Waals surface area contributed by atoms with Crippen LogP contribution in [0.3, 0.4) is 0 Å². The van der Waals surface area contributed by atoms with Crippen LogP contribution in [0, 0.1) is 16.7 Å². The molecule has 4 nitrogen and oxygen atoms in total. The summed E-state index contributed by atoms with van der Waals surface area (Å²) in [6.07, 6.45) is 1.58. The Morgan fingerprint density at radius 2 is 1.88 bits per heavy atom. The first-order valence-electron chi connectivity index (χ1n) is 6.01. The first-order chi connectivity index (χ1) is 7.56. The van der Waals surface area contributed by atoms with Crippen molar-refractivity contribution in [1.82, 2.24) is 9.80 Å². The highest BCUT2D eigenvalue weighted by atomic mass is 16.2. The SMILES string of the molecule is CCN(CC)C(=O)N1CCC(C)(C#N)CC1. The summed E-state index contributed by atoms with van der Waals surface area (Å²) in [6, 6.07) is 2.46. The van der Waals surface area contributed by atoms with Gasteiger partial charge in [-0.1, -0.05) is 0 Å². The van der Waals surface area contributed by atoms with Gasteiger partial charge in [0.1, 0.15) is 0 Å². The van der Waals surface area contributed by atoms with Gasteiger partial charge in [-0.15, -0.1) is 0 Å². The summed E-state index contributed by atoms with van der Waals surface area (Å²) in [5.74, 6) is 0. The van der Waals surface area contributed by atoms with E-state index in [-0.39, 0.29) is 11.4 Å². The van der Waals surface area contributed by atoms with E-state index in [2.05, 4.69) is 6.07 Å². The molecular formula is C12H21N3O. The van der Waals surface area contributed by atoms with Crippen LogP contribution in [0.2, 0.25) is 0 Å². The fraction of sp³-hybridized carbons (Fsp3) is 0.833. The molecule has 1 aliphatic heterocycles. The van der Waals surface area contributed by atoms with E-state index in [0.717, 1.165) is 25.9 Å². The predicted molar refractivity (Wildman–Crippen MR) is 62.8 cm³/mol. The van der Waals surface area contributed by atoms with Gasteiger partial charge in [-0.05, 0) is 33.6 Å². The molecule has 0 spiro atoms. The number of rotatable bonds is 2. The second-order valence-corrected chi connectivity index (χ2v) is 4.61. The fourth-order valence-corrected chi connectivity index (χ4v) is 2.00. The molecule has 90 valence electrons. The minimum Gasteiger partial charge on any atom is -0.325 e. The second kappa shape index (κ2) is 5.20. The highest BCUT2D eigenvalue weighted by molar-refractivity contribution is 5.74. The maximum atomic E-state index is 12.0. The van der Waals surface area contributed by atoms with Gasteiger partial charge in [-0.2, -0.15) is 5.26 Å². The average Bonchev–Trinajstić information content (AvgIpc) is 2.31. The summed E-state index contributed by atoms with van der Waals surface area (Å²) in [5, 5.41) is 9.01. The third kappa shape index (κ3) is 2.66. The molecule has 0 radical (unpaired) electrons. The normalized spacial score (nSPS) is 19.0. The van der Waals surface area contributed by atoms with Crippen molar-refractivity contribution in [1.29, 1.82) is 5.26 Å². The molecule has 0 N–H and O–H groups in total. The zero-order chi connectivity index (χ0) is 12.2. The smallest absolute Gasteiger partial charge is 0.319 e. The van der Waals surface area contributed by atoms with E-state index in [1.165, 1.54) is 0 Å². The van der Waals surface area contributed by atoms with Gasteiger partial charge in [-0.3, -0.25) is 0 Å². The van der Waals surface area contributed by atoms with Crippen LogP contribution in [0.1, 0.15) is 33.6 Å². The number of nitriles is 1. The van der Waals surface area contributed by atoms with E-state index in [1.807, 2.05) is 30.6 Å². The lowest BCUT2D eigenvalue weighted by molar-refractivity contribution is 0.126. The summed E-state index contributed by atoms with van der Waals surface area (Å²) in [5.41, 5.74) is -0.236. The van der Waals surface area contributed by atoms with Crippen LogP contribution in [0.4, 0.5) is 4.79 Å². The van der Waals surface area contributed by atoms with Gasteiger partial charge >= 0.3 is 6.03 Å². The Labute approximate surface area is 97.8 Å². The van der Waals surface area contributed by atoms with Crippen LogP contribution in [-0.4, -0.2) is 42.0 Å². The van der Waals surface area contributed by atoms with Crippen LogP contribution < -0.4 is 0 Å². The quantitative estimate of drug-likeness (QED) is 0.719. The monoisotopic (exact) mass is 223 g/mol. The molecule has 0 aromatic rings. The average molecular weight is 223 g/mol. The predicted octanol–water partition coefficient (Wildman–Crippen LogP) is 2.07. The van der Waals surface area contributed by atoms with Crippen LogP contribution in [0.5, 0.6) is 0 Å². The number of carbonyl (C=O) groups is 1. The lowest BCUT2D eigenvalue weighted by Gasteiger charge is -2.37. The molecule has 0 saturated carbocycles. The van der Waals surface area contributed by atoms with Crippen molar-refractivity contribution >= 4 is 6.03 Å². The van der Waals surface area contributed by atoms with Crippen molar-refractivity contribution in [2.24, 2.45) is 5.41 Å². The van der Waals surface area contributed by atoms with Crippen molar-refractivity contribution in [3.05, 3.63) is 0 Å². The Hall–Kier alpha value is -1.24. The number of hydrogen-bond donors (Lipinski definition) is 0. The van der Waals surface area contributed by atoms with E-state index >= 15 is 0 Å². The Bertz CT molecular complexity index is 283. The van der Waals surface area contributed by atoms with Gasteiger partial charge in [0.05, 0.1) is 11.5 Å². The number of hydrogen-bond acceptors (Lipinski definition) is 2. The number of carbonyl (C=O) groups excluding carboxylic acids is 1. The molecule has 1 aliphatic rings. The highest BCUT2D eigenvalue weighted by Gasteiger charge is 2.32. The summed E-state index contributed by atoms with van der Waals surface area (Å²) >= 11 is 0. The van der Waals surface area contributed by atoms with Gasteiger partial charge in [0.2, 0.25) is 0 Å². The van der Waals surface area contributed by atoms with Crippen molar-refractivity contribution < 1.29 is 4.79 Å². The minimum absolute atomic E-state index is 0.116. The van der Waals surface area contributed by atoms with Crippen molar-refractivity contribution in [2.75, 3.05) is 26.2 Å². The first-order valence-corrected chi connectivity index (χ1v) is 6.01. The van der Waals surface area contributed by atoms with Crippen LogP contribution in [0.15, 0.2) is 0 Å². The van der Waals surface area contributed by atoms with Gasteiger partial charge in [0.25, 0.3) is 0 Å². The van der Waals surface area contributed by atoms with Gasteiger partial charge in [-0.25, -0.2) is 4.79 Å². The van der Waals surface area contributed by atoms with Crippen LogP contribution in [0.25, 0.3) is 0 Å².